The van der Waals surface area contributed by atoms with E-state index in [0.717, 1.165) is 0 Å². The first-order chi connectivity index (χ1) is 5.96. The number of nitrogens with one attached hydrogen (secondary N) is 1. The quantitative estimate of drug-likeness (QED) is 0.369. The fourth-order valence-electron chi connectivity index (χ4n) is 1.05. The Morgan fingerprint density at radius 1 is 1.46 bits per heavy atom. The molecule has 0 saturated carbocycles. The molecule has 1 aromatic carbocycles. The summed E-state index contributed by atoms with van der Waals surface area (Å²) in [7, 11) is -4.16. The lowest BCUT2D eigenvalue weighted by Crippen LogP contribution is -2.10. The smallest absolute Gasteiger partial charge is 0.294 e. The van der Waals surface area contributed by atoms with Crippen LogP contribution in [0, 0.1) is 6.92 Å². The van der Waals surface area contributed by atoms with E-state index < -0.39 is 10.1 Å². The lowest BCUT2D eigenvalue weighted by molar-refractivity contribution is 0.482. The summed E-state index contributed by atoms with van der Waals surface area (Å²) >= 11 is 0. The van der Waals surface area contributed by atoms with Crippen LogP contribution in [0.1, 0.15) is 5.56 Å². The Kier molecular flexibility index (Phi) is 2.55. The molecule has 0 bridgehead atoms. The van der Waals surface area contributed by atoms with E-state index in [1.807, 2.05) is 0 Å². The number of benzene rings is 1. The van der Waals surface area contributed by atoms with Gasteiger partial charge in [-0.25, -0.2) is 0 Å². The molecule has 0 saturated heterocycles. The third kappa shape index (κ3) is 1.97. The predicted octanol–water partition coefficient (Wildman–Crippen LogP) is 0.527. The molecule has 0 spiro atoms. The number of anilines is 1. The predicted molar refractivity (Wildman–Crippen MR) is 48.8 cm³/mol. The van der Waals surface area contributed by atoms with Crippen LogP contribution in [0.4, 0.5) is 5.69 Å². The average Bonchev–Trinajstić information content (AvgIpc) is 2.02. The van der Waals surface area contributed by atoms with Crippen LogP contribution in [0.2, 0.25) is 0 Å². The standard InChI is InChI=1S/C7H10N2O3S/c1-5-6(9-8)3-2-4-7(5)13(10,11)12/h2-4,9H,8H2,1H3,(H,10,11,12). The minimum Gasteiger partial charge on any atom is -0.324 e. The lowest BCUT2D eigenvalue weighted by Gasteiger charge is -2.07. The van der Waals surface area contributed by atoms with Crippen molar-refractivity contribution in [3.8, 4) is 0 Å². The van der Waals surface area contributed by atoms with Crippen molar-refractivity contribution in [1.29, 1.82) is 0 Å². The zero-order chi connectivity index (χ0) is 10.1. The van der Waals surface area contributed by atoms with Crippen molar-refractivity contribution in [1.82, 2.24) is 0 Å². The summed E-state index contributed by atoms with van der Waals surface area (Å²) in [4.78, 5) is -0.136. The van der Waals surface area contributed by atoms with Crippen LogP contribution in [0.3, 0.4) is 0 Å². The molecule has 0 amide bonds. The highest BCUT2D eigenvalue weighted by atomic mass is 32.2. The van der Waals surface area contributed by atoms with Gasteiger partial charge in [0.2, 0.25) is 0 Å². The molecule has 13 heavy (non-hydrogen) atoms. The second-order valence-corrected chi connectivity index (χ2v) is 3.94. The maximum Gasteiger partial charge on any atom is 0.294 e. The Balaban J connectivity index is 3.41. The maximum atomic E-state index is 10.8. The summed E-state index contributed by atoms with van der Waals surface area (Å²) in [5, 5.41) is 0. The summed E-state index contributed by atoms with van der Waals surface area (Å²) in [6.45, 7) is 1.55. The van der Waals surface area contributed by atoms with Gasteiger partial charge in [-0.05, 0) is 24.6 Å². The van der Waals surface area contributed by atoms with Gasteiger partial charge in [0, 0.05) is 0 Å². The highest BCUT2D eigenvalue weighted by molar-refractivity contribution is 7.85. The normalized spacial score (nSPS) is 11.3. The Labute approximate surface area is 76.3 Å². The third-order valence-electron chi connectivity index (χ3n) is 1.72. The van der Waals surface area contributed by atoms with E-state index >= 15 is 0 Å². The number of nitrogen functional groups attached to an aromatic ring is 1. The molecule has 0 aliphatic carbocycles. The van der Waals surface area contributed by atoms with Gasteiger partial charge in [0.25, 0.3) is 10.1 Å². The molecule has 0 aromatic heterocycles. The van der Waals surface area contributed by atoms with E-state index in [1.54, 1.807) is 13.0 Å². The molecule has 0 aliphatic rings. The molecule has 1 aromatic rings. The maximum absolute atomic E-state index is 10.8. The first-order valence-electron chi connectivity index (χ1n) is 3.50. The number of hydrogen-bond donors (Lipinski definition) is 3. The van der Waals surface area contributed by atoms with Crippen LogP contribution in [0.15, 0.2) is 23.1 Å². The van der Waals surface area contributed by atoms with Crippen LogP contribution in [-0.2, 0) is 10.1 Å². The van der Waals surface area contributed by atoms with E-state index in [9.17, 15) is 8.42 Å². The van der Waals surface area contributed by atoms with Crippen LogP contribution in [-0.4, -0.2) is 13.0 Å². The van der Waals surface area contributed by atoms with Crippen molar-refractivity contribution in [3.05, 3.63) is 23.8 Å². The second-order valence-electron chi connectivity index (χ2n) is 2.55. The zero-order valence-corrected chi connectivity index (χ0v) is 7.80. The van der Waals surface area contributed by atoms with Gasteiger partial charge in [0.15, 0.2) is 0 Å². The van der Waals surface area contributed by atoms with Crippen LogP contribution < -0.4 is 11.3 Å². The molecular formula is C7H10N2O3S. The molecule has 1 rings (SSSR count). The van der Waals surface area contributed by atoms with Crippen molar-refractivity contribution in [2.24, 2.45) is 5.84 Å². The minimum atomic E-state index is -4.16. The van der Waals surface area contributed by atoms with Gasteiger partial charge in [-0.3, -0.25) is 10.4 Å². The SMILES string of the molecule is Cc1c(NN)cccc1S(=O)(=O)O. The fourth-order valence-corrected chi connectivity index (χ4v) is 1.80. The van der Waals surface area contributed by atoms with E-state index in [-0.39, 0.29) is 4.90 Å². The molecule has 72 valence electrons. The van der Waals surface area contributed by atoms with Gasteiger partial charge in [-0.15, -0.1) is 0 Å². The number of hydrogen-bond acceptors (Lipinski definition) is 4. The molecule has 5 nitrogen and oxygen atoms in total. The third-order valence-corrected chi connectivity index (χ3v) is 2.72. The van der Waals surface area contributed by atoms with Gasteiger partial charge in [0.1, 0.15) is 0 Å². The first kappa shape index (κ1) is 9.97. The van der Waals surface area contributed by atoms with Crippen LogP contribution in [0.25, 0.3) is 0 Å². The highest BCUT2D eigenvalue weighted by Crippen LogP contribution is 2.21. The van der Waals surface area contributed by atoms with Gasteiger partial charge in [-0.2, -0.15) is 8.42 Å². The van der Waals surface area contributed by atoms with Crippen LogP contribution in [0.5, 0.6) is 0 Å². The monoisotopic (exact) mass is 202 g/mol. The zero-order valence-electron chi connectivity index (χ0n) is 6.98. The number of nitrogens with two attached hydrogens (primary N) is 1. The molecule has 0 heterocycles. The Bertz CT molecular complexity index is 414. The molecule has 0 radical (unpaired) electrons. The fraction of sp³-hybridized carbons (Fsp3) is 0.143. The molecule has 6 heteroatoms. The Morgan fingerprint density at radius 2 is 2.08 bits per heavy atom. The summed E-state index contributed by atoms with van der Waals surface area (Å²) in [5.41, 5.74) is 3.20. The second kappa shape index (κ2) is 3.33. The molecular weight excluding hydrogens is 192 g/mol. The largest absolute Gasteiger partial charge is 0.324 e. The van der Waals surface area contributed by atoms with E-state index in [2.05, 4.69) is 5.43 Å². The van der Waals surface area contributed by atoms with Crippen molar-refractivity contribution in [3.63, 3.8) is 0 Å². The summed E-state index contributed by atoms with van der Waals surface area (Å²) in [5.74, 6) is 5.14. The van der Waals surface area contributed by atoms with Crippen molar-refractivity contribution in [2.75, 3.05) is 5.43 Å². The highest BCUT2D eigenvalue weighted by Gasteiger charge is 2.14. The molecule has 0 atom stereocenters. The van der Waals surface area contributed by atoms with Crippen molar-refractivity contribution in [2.45, 2.75) is 11.8 Å². The Hall–Kier alpha value is -1.11. The minimum absolute atomic E-state index is 0.136. The number of hydrazine groups is 1. The van der Waals surface area contributed by atoms with E-state index in [0.29, 0.717) is 11.3 Å². The topological polar surface area (TPSA) is 92.4 Å². The summed E-state index contributed by atoms with van der Waals surface area (Å²) in [6.07, 6.45) is 0. The van der Waals surface area contributed by atoms with E-state index in [4.69, 9.17) is 10.4 Å². The summed E-state index contributed by atoms with van der Waals surface area (Å²) in [6, 6.07) is 4.42. The van der Waals surface area contributed by atoms with E-state index in [1.165, 1.54) is 12.1 Å². The number of rotatable bonds is 2. The Morgan fingerprint density at radius 3 is 2.54 bits per heavy atom. The van der Waals surface area contributed by atoms with Gasteiger partial charge >= 0.3 is 0 Å². The van der Waals surface area contributed by atoms with Gasteiger partial charge < -0.3 is 5.43 Å². The van der Waals surface area contributed by atoms with Gasteiger partial charge in [0.05, 0.1) is 10.6 Å². The molecule has 0 aliphatic heterocycles. The lowest BCUT2D eigenvalue weighted by atomic mass is 10.2. The first-order valence-corrected chi connectivity index (χ1v) is 4.94. The summed E-state index contributed by atoms with van der Waals surface area (Å²) < 4.78 is 30.4. The molecule has 0 fully saturated rings. The molecule has 4 N–H and O–H groups in total. The van der Waals surface area contributed by atoms with Crippen molar-refractivity contribution >= 4 is 15.8 Å². The van der Waals surface area contributed by atoms with Gasteiger partial charge in [-0.1, -0.05) is 6.07 Å². The van der Waals surface area contributed by atoms with Crippen molar-refractivity contribution < 1.29 is 13.0 Å². The van der Waals surface area contributed by atoms with Crippen LogP contribution >= 0.6 is 0 Å². The molecule has 0 unspecified atom stereocenters. The average molecular weight is 202 g/mol.